The van der Waals surface area contributed by atoms with Gasteiger partial charge in [0.25, 0.3) is 0 Å². The number of rotatable bonds is 0. The van der Waals surface area contributed by atoms with Gasteiger partial charge in [-0.05, 0) is 5.92 Å². The zero-order valence-corrected chi connectivity index (χ0v) is 4.28. The minimum Gasteiger partial charge on any atom is -0.0683 e. The Labute approximate surface area is 35.2 Å². The Morgan fingerprint density at radius 3 is 1.40 bits per heavy atom. The lowest BCUT2D eigenvalue weighted by Gasteiger charge is -1.78. The van der Waals surface area contributed by atoms with Crippen LogP contribution >= 0.6 is 0 Å². The van der Waals surface area contributed by atoms with E-state index in [1.807, 2.05) is 0 Å². The fourth-order valence-electron chi connectivity index (χ4n) is 0. The average molecular weight is 72.2 g/mol. The van der Waals surface area contributed by atoms with Gasteiger partial charge in [0.15, 0.2) is 0 Å². The zero-order valence-electron chi connectivity index (χ0n) is 4.28. The summed E-state index contributed by atoms with van der Waals surface area (Å²) in [5, 5.41) is 0. The Bertz CT molecular complexity index is 4.75. The van der Waals surface area contributed by atoms with E-state index < -0.39 is 0 Å². The molecule has 0 nitrogen and oxygen atoms in total. The molecule has 0 aliphatic rings. The quantitative estimate of drug-likeness (QED) is 0.410. The van der Waals surface area contributed by atoms with Gasteiger partial charge in [-0.2, -0.15) is 0 Å². The molecular weight excluding hydrogens is 60.1 g/mol. The van der Waals surface area contributed by atoms with Crippen molar-refractivity contribution in [3.05, 3.63) is 14.4 Å². The van der Waals surface area contributed by atoms with Crippen LogP contribution < -0.4 is 0 Å². The van der Waals surface area contributed by atoms with Crippen molar-refractivity contribution in [3.63, 3.8) is 0 Å². The first-order chi connectivity index (χ1) is 1.73. The highest BCUT2D eigenvalue weighted by molar-refractivity contribution is 4.38. The van der Waals surface area contributed by atoms with E-state index in [-0.39, 0.29) is 7.43 Å². The summed E-state index contributed by atoms with van der Waals surface area (Å²) < 4.78 is 0. The Kier molecular flexibility index (Phi) is 7.11. The van der Waals surface area contributed by atoms with Gasteiger partial charge < -0.3 is 0 Å². The van der Waals surface area contributed by atoms with Crippen molar-refractivity contribution in [2.75, 3.05) is 0 Å². The summed E-state index contributed by atoms with van der Waals surface area (Å²) in [6, 6.07) is 0. The van der Waals surface area contributed by atoms with Crippen molar-refractivity contribution in [1.29, 1.82) is 0 Å². The van der Waals surface area contributed by atoms with Gasteiger partial charge in [-0.15, -0.1) is 0 Å². The second-order valence-corrected chi connectivity index (χ2v) is 1.39. The summed E-state index contributed by atoms with van der Waals surface area (Å²) in [5.74, 6) is 0.583. The van der Waals surface area contributed by atoms with Crippen LogP contribution in [0.3, 0.4) is 0 Å². The van der Waals surface area contributed by atoms with Crippen LogP contribution in [-0.2, 0) is 0 Å². The molecule has 0 aliphatic carbocycles. The molecule has 0 aliphatic heterocycles. The third kappa shape index (κ3) is 0. The summed E-state index contributed by atoms with van der Waals surface area (Å²) in [7, 11) is 0. The van der Waals surface area contributed by atoms with Crippen LogP contribution in [0, 0.1) is 20.3 Å². The maximum absolute atomic E-state index is 3.64. The van der Waals surface area contributed by atoms with Crippen molar-refractivity contribution >= 4 is 0 Å². The normalized spacial score (nSPS) is 7.20. The molecule has 0 fully saturated rings. The van der Waals surface area contributed by atoms with Gasteiger partial charge in [-0.3, -0.25) is 0 Å². The van der Waals surface area contributed by atoms with Gasteiger partial charge >= 0.3 is 0 Å². The fourth-order valence-corrected chi connectivity index (χ4v) is 0. The highest BCUT2D eigenvalue weighted by Crippen LogP contribution is 1.80. The van der Waals surface area contributed by atoms with Crippen molar-refractivity contribution in [3.8, 4) is 0 Å². The predicted molar refractivity (Wildman–Crippen MR) is 26.6 cm³/mol. The van der Waals surface area contributed by atoms with Crippen LogP contribution in [0.1, 0.15) is 13.8 Å². The second kappa shape index (κ2) is 4.00. The molecule has 0 unspecified atom stereocenters. The summed E-state index contributed by atoms with van der Waals surface area (Å²) in [6.45, 7) is 7.75. The maximum Gasteiger partial charge on any atom is -0.0471 e. The lowest BCUT2D eigenvalue weighted by Crippen LogP contribution is -1.67. The van der Waals surface area contributed by atoms with Crippen molar-refractivity contribution in [2.24, 2.45) is 5.92 Å². The van der Waals surface area contributed by atoms with E-state index in [1.165, 1.54) is 0 Å². The number of hydrogen-bond donors (Lipinski definition) is 0. The molecule has 0 saturated carbocycles. The number of hydrogen-bond acceptors (Lipinski definition) is 0. The van der Waals surface area contributed by atoms with E-state index in [9.17, 15) is 0 Å². The molecule has 2 radical (unpaired) electrons. The fraction of sp³-hybridized carbons (Fsp3) is 0.600. The second-order valence-electron chi connectivity index (χ2n) is 1.39. The van der Waals surface area contributed by atoms with Gasteiger partial charge in [0.05, 0.1) is 0 Å². The molecule has 0 aromatic rings. The van der Waals surface area contributed by atoms with E-state index in [0.717, 1.165) is 0 Å². The van der Waals surface area contributed by atoms with Gasteiger partial charge in [-0.25, -0.2) is 0 Å². The lowest BCUT2D eigenvalue weighted by atomic mass is 10.3. The molecule has 32 valence electrons. The molecule has 0 spiro atoms. The average Bonchev–Trinajstić information content (AvgIpc) is 0.811. The monoisotopic (exact) mass is 72.1 g/mol. The largest absolute Gasteiger partial charge is 0.0683 e. The van der Waals surface area contributed by atoms with Crippen LogP contribution in [-0.4, -0.2) is 0 Å². The highest BCUT2D eigenvalue weighted by Gasteiger charge is 1.68. The van der Waals surface area contributed by atoms with E-state index in [4.69, 9.17) is 0 Å². The molecule has 0 atom stereocenters. The maximum atomic E-state index is 3.64. The van der Waals surface area contributed by atoms with E-state index in [0.29, 0.717) is 5.92 Å². The Morgan fingerprint density at radius 1 is 1.40 bits per heavy atom. The van der Waals surface area contributed by atoms with Crippen molar-refractivity contribution < 1.29 is 0 Å². The molecule has 0 heterocycles. The van der Waals surface area contributed by atoms with E-state index in [2.05, 4.69) is 20.8 Å². The minimum atomic E-state index is 0. The third-order valence-electron chi connectivity index (χ3n) is 0. The first-order valence-corrected chi connectivity index (χ1v) is 1.56. The molecule has 0 heteroatoms. The smallest absolute Gasteiger partial charge is 0.0471 e. The molecule has 0 bridgehead atoms. The van der Waals surface area contributed by atoms with Gasteiger partial charge in [0.2, 0.25) is 0 Å². The molecule has 0 amide bonds. The van der Waals surface area contributed by atoms with Crippen LogP contribution in [0.25, 0.3) is 0 Å². The van der Waals surface area contributed by atoms with Crippen molar-refractivity contribution in [1.82, 2.24) is 0 Å². The summed E-state index contributed by atoms with van der Waals surface area (Å²) >= 11 is 0. The van der Waals surface area contributed by atoms with Gasteiger partial charge in [0, 0.05) is 0 Å². The Morgan fingerprint density at radius 2 is 1.40 bits per heavy atom. The van der Waals surface area contributed by atoms with E-state index in [1.54, 1.807) is 0 Å². The molecule has 0 N–H and O–H groups in total. The third-order valence-corrected chi connectivity index (χ3v) is 0. The summed E-state index contributed by atoms with van der Waals surface area (Å²) in [4.78, 5) is 0. The van der Waals surface area contributed by atoms with E-state index >= 15 is 0 Å². The van der Waals surface area contributed by atoms with Crippen LogP contribution in [0.4, 0.5) is 0 Å². The predicted octanol–water partition coefficient (Wildman–Crippen LogP) is 1.93. The Hall–Kier alpha value is 0. The van der Waals surface area contributed by atoms with Crippen LogP contribution in [0.2, 0.25) is 0 Å². The standard InChI is InChI=1S/C4H9.CH3/c1-4(2)3;/h4H,1H2,2-3H3;1H3. The van der Waals surface area contributed by atoms with Gasteiger partial charge in [-0.1, -0.05) is 28.2 Å². The highest BCUT2D eigenvalue weighted by atomic mass is 13.7. The topological polar surface area (TPSA) is 0 Å². The van der Waals surface area contributed by atoms with Crippen LogP contribution in [0.15, 0.2) is 0 Å². The Balaban J connectivity index is 0. The van der Waals surface area contributed by atoms with Crippen LogP contribution in [0.5, 0.6) is 0 Å². The molecular formula is C5H12. The SMILES string of the molecule is [CH2]C(C)C.[CH3]. The first-order valence-electron chi connectivity index (χ1n) is 1.56. The van der Waals surface area contributed by atoms with Crippen molar-refractivity contribution in [2.45, 2.75) is 13.8 Å². The molecule has 0 aromatic carbocycles. The molecule has 0 saturated heterocycles. The molecule has 0 rings (SSSR count). The summed E-state index contributed by atoms with van der Waals surface area (Å²) in [6.07, 6.45) is 0. The molecule has 5 heavy (non-hydrogen) atoms. The minimum absolute atomic E-state index is 0. The first kappa shape index (κ1) is 8.89. The van der Waals surface area contributed by atoms with Gasteiger partial charge in [0.1, 0.15) is 0 Å². The summed E-state index contributed by atoms with van der Waals surface area (Å²) in [5.41, 5.74) is 0. The lowest BCUT2D eigenvalue weighted by molar-refractivity contribution is 0.827. The molecule has 0 aromatic heterocycles. The zero-order chi connectivity index (χ0) is 3.58.